The molecule has 0 saturated heterocycles. The molecule has 0 aliphatic rings. The number of rotatable bonds is 4. The van der Waals surface area contributed by atoms with Crippen LogP contribution in [0.25, 0.3) is 6.08 Å². The number of carbonyl (C=O) groups is 2. The van der Waals surface area contributed by atoms with E-state index in [-0.39, 0.29) is 11.4 Å². The van der Waals surface area contributed by atoms with Gasteiger partial charge >= 0.3 is 6.09 Å². The van der Waals surface area contributed by atoms with Gasteiger partial charge < -0.3 is 10.4 Å². The van der Waals surface area contributed by atoms with Crippen molar-refractivity contribution in [2.45, 2.75) is 26.3 Å². The number of hydrogen-bond donors (Lipinski definition) is 2. The zero-order valence-electron chi connectivity index (χ0n) is 15.0. The SMILES string of the molecule is Cn1cc(C=CC(=O)Nc2cc(F)ccc2N(C(=O)O)C(C)(C)C)cn1. The van der Waals surface area contributed by atoms with Crippen LogP contribution >= 0.6 is 0 Å². The zero-order chi connectivity index (χ0) is 19.5. The Hall–Kier alpha value is -3.16. The molecule has 7 nitrogen and oxygen atoms in total. The highest BCUT2D eigenvalue weighted by Crippen LogP contribution is 2.32. The van der Waals surface area contributed by atoms with Gasteiger partial charge in [0.05, 0.1) is 17.6 Å². The van der Waals surface area contributed by atoms with Gasteiger partial charge in [-0.15, -0.1) is 0 Å². The molecule has 0 spiro atoms. The van der Waals surface area contributed by atoms with Crippen molar-refractivity contribution in [1.29, 1.82) is 0 Å². The number of anilines is 2. The lowest BCUT2D eigenvalue weighted by atomic mass is 10.0. The van der Waals surface area contributed by atoms with Gasteiger partial charge in [0, 0.05) is 30.4 Å². The first kappa shape index (κ1) is 19.2. The molecule has 1 heterocycles. The monoisotopic (exact) mass is 360 g/mol. The van der Waals surface area contributed by atoms with Crippen molar-refractivity contribution >= 4 is 29.5 Å². The molecule has 26 heavy (non-hydrogen) atoms. The summed E-state index contributed by atoms with van der Waals surface area (Å²) in [6.07, 6.45) is 4.94. The number of carbonyl (C=O) groups excluding carboxylic acids is 1. The van der Waals surface area contributed by atoms with Crippen molar-refractivity contribution in [3.63, 3.8) is 0 Å². The standard InChI is InChI=1S/C18H21FN4O3/c1-18(2,3)23(17(25)26)15-7-6-13(19)9-14(15)21-16(24)8-5-12-10-20-22(4)11-12/h5-11H,1-4H3,(H,21,24)(H,25,26). The topological polar surface area (TPSA) is 87.5 Å². The molecule has 0 radical (unpaired) electrons. The molecule has 1 aromatic carbocycles. The Labute approximate surface area is 150 Å². The molecule has 0 unspecified atom stereocenters. The summed E-state index contributed by atoms with van der Waals surface area (Å²) in [5, 5.41) is 16.1. The molecule has 0 fully saturated rings. The van der Waals surface area contributed by atoms with Gasteiger partial charge in [-0.3, -0.25) is 14.4 Å². The predicted octanol–water partition coefficient (Wildman–Crippen LogP) is 3.49. The number of halogens is 1. The van der Waals surface area contributed by atoms with Gasteiger partial charge in [-0.2, -0.15) is 5.10 Å². The number of nitrogens with zero attached hydrogens (tertiary/aromatic N) is 3. The Balaban J connectivity index is 2.31. The van der Waals surface area contributed by atoms with Crippen LogP contribution in [0.4, 0.5) is 20.6 Å². The number of aryl methyl sites for hydroxylation is 1. The molecule has 0 aliphatic heterocycles. The second kappa shape index (κ2) is 7.38. The van der Waals surface area contributed by atoms with Crippen LogP contribution in [0.2, 0.25) is 0 Å². The highest BCUT2D eigenvalue weighted by molar-refractivity contribution is 6.05. The number of nitrogens with one attached hydrogen (secondary N) is 1. The van der Waals surface area contributed by atoms with E-state index in [1.54, 1.807) is 51.0 Å². The number of aromatic nitrogens is 2. The number of amides is 2. The summed E-state index contributed by atoms with van der Waals surface area (Å²) in [4.78, 5) is 24.9. The lowest BCUT2D eigenvalue weighted by Crippen LogP contribution is -2.45. The van der Waals surface area contributed by atoms with E-state index in [0.29, 0.717) is 0 Å². The zero-order valence-corrected chi connectivity index (χ0v) is 15.0. The summed E-state index contributed by atoms with van der Waals surface area (Å²) >= 11 is 0. The fourth-order valence-electron chi connectivity index (χ4n) is 2.43. The molecule has 2 aromatic rings. The Morgan fingerprint density at radius 3 is 2.58 bits per heavy atom. The molecule has 2 amide bonds. The summed E-state index contributed by atoms with van der Waals surface area (Å²) in [6.45, 7) is 5.12. The van der Waals surface area contributed by atoms with Crippen LogP contribution in [0.5, 0.6) is 0 Å². The van der Waals surface area contributed by atoms with Gasteiger partial charge in [0.2, 0.25) is 5.91 Å². The summed E-state index contributed by atoms with van der Waals surface area (Å²) in [7, 11) is 1.75. The summed E-state index contributed by atoms with van der Waals surface area (Å²) < 4.78 is 15.3. The third-order valence-corrected chi connectivity index (χ3v) is 3.47. The average Bonchev–Trinajstić information content (AvgIpc) is 2.91. The van der Waals surface area contributed by atoms with Crippen LogP contribution in [0.1, 0.15) is 26.3 Å². The van der Waals surface area contributed by atoms with Crippen LogP contribution in [0.3, 0.4) is 0 Å². The van der Waals surface area contributed by atoms with Crippen LogP contribution in [-0.2, 0) is 11.8 Å². The normalized spacial score (nSPS) is 11.6. The second-order valence-electron chi connectivity index (χ2n) is 6.72. The van der Waals surface area contributed by atoms with Gasteiger partial charge in [0.1, 0.15) is 5.82 Å². The smallest absolute Gasteiger partial charge is 0.412 e. The molecular formula is C18H21FN4O3. The van der Waals surface area contributed by atoms with Crippen molar-refractivity contribution in [1.82, 2.24) is 9.78 Å². The quantitative estimate of drug-likeness (QED) is 0.817. The average molecular weight is 360 g/mol. The first-order valence-corrected chi connectivity index (χ1v) is 7.88. The molecule has 2 rings (SSSR count). The van der Waals surface area contributed by atoms with Gasteiger partial charge in [0.15, 0.2) is 0 Å². The van der Waals surface area contributed by atoms with Crippen molar-refractivity contribution in [2.24, 2.45) is 7.05 Å². The third kappa shape index (κ3) is 4.69. The lowest BCUT2D eigenvalue weighted by molar-refractivity contribution is -0.111. The van der Waals surface area contributed by atoms with E-state index in [1.807, 2.05) is 0 Å². The number of benzene rings is 1. The summed E-state index contributed by atoms with van der Waals surface area (Å²) in [5.74, 6) is -1.10. The van der Waals surface area contributed by atoms with Crippen LogP contribution in [0.15, 0.2) is 36.7 Å². The summed E-state index contributed by atoms with van der Waals surface area (Å²) in [5.41, 5.74) is 0.205. The lowest BCUT2D eigenvalue weighted by Gasteiger charge is -2.34. The molecular weight excluding hydrogens is 339 g/mol. The van der Waals surface area contributed by atoms with Gasteiger partial charge in [-0.1, -0.05) is 0 Å². The van der Waals surface area contributed by atoms with E-state index in [1.165, 1.54) is 12.1 Å². The van der Waals surface area contributed by atoms with E-state index in [4.69, 9.17) is 0 Å². The van der Waals surface area contributed by atoms with Gasteiger partial charge in [0.25, 0.3) is 0 Å². The first-order valence-electron chi connectivity index (χ1n) is 7.88. The summed E-state index contributed by atoms with van der Waals surface area (Å²) in [6, 6.07) is 3.57. The minimum absolute atomic E-state index is 0.0724. The molecule has 0 aliphatic carbocycles. The maximum absolute atomic E-state index is 13.7. The molecule has 138 valence electrons. The van der Waals surface area contributed by atoms with E-state index in [0.717, 1.165) is 22.6 Å². The predicted molar refractivity (Wildman–Crippen MR) is 97.5 cm³/mol. The fourth-order valence-corrected chi connectivity index (χ4v) is 2.43. The Morgan fingerprint density at radius 1 is 1.35 bits per heavy atom. The van der Waals surface area contributed by atoms with E-state index in [2.05, 4.69) is 10.4 Å². The minimum Gasteiger partial charge on any atom is -0.465 e. The third-order valence-electron chi connectivity index (χ3n) is 3.47. The Bertz CT molecular complexity index is 852. The van der Waals surface area contributed by atoms with E-state index < -0.39 is 23.4 Å². The van der Waals surface area contributed by atoms with Crippen molar-refractivity contribution in [3.05, 3.63) is 48.0 Å². The van der Waals surface area contributed by atoms with Crippen LogP contribution in [0, 0.1) is 5.82 Å². The first-order chi connectivity index (χ1) is 12.1. The molecule has 0 atom stereocenters. The van der Waals surface area contributed by atoms with Crippen LogP contribution in [-0.4, -0.2) is 32.4 Å². The van der Waals surface area contributed by atoms with Crippen molar-refractivity contribution in [2.75, 3.05) is 10.2 Å². The highest BCUT2D eigenvalue weighted by atomic mass is 19.1. The fraction of sp³-hybridized carbons (Fsp3) is 0.278. The largest absolute Gasteiger partial charge is 0.465 e. The van der Waals surface area contributed by atoms with E-state index in [9.17, 15) is 19.1 Å². The Morgan fingerprint density at radius 2 is 2.04 bits per heavy atom. The maximum Gasteiger partial charge on any atom is 0.412 e. The maximum atomic E-state index is 13.7. The Kier molecular flexibility index (Phi) is 5.44. The highest BCUT2D eigenvalue weighted by Gasteiger charge is 2.30. The molecule has 0 bridgehead atoms. The van der Waals surface area contributed by atoms with Crippen molar-refractivity contribution in [3.8, 4) is 0 Å². The van der Waals surface area contributed by atoms with Gasteiger partial charge in [-0.25, -0.2) is 9.18 Å². The second-order valence-corrected chi connectivity index (χ2v) is 6.72. The molecule has 0 saturated carbocycles. The molecule has 8 heteroatoms. The number of carboxylic acid groups (broad SMARTS) is 1. The van der Waals surface area contributed by atoms with Crippen LogP contribution < -0.4 is 10.2 Å². The van der Waals surface area contributed by atoms with Crippen molar-refractivity contribution < 1.29 is 19.1 Å². The molecule has 2 N–H and O–H groups in total. The molecule has 1 aromatic heterocycles. The van der Waals surface area contributed by atoms with E-state index >= 15 is 0 Å². The van der Waals surface area contributed by atoms with Gasteiger partial charge in [-0.05, 0) is 45.0 Å². The minimum atomic E-state index is -1.20. The number of hydrogen-bond acceptors (Lipinski definition) is 3.